The molecule has 0 spiro atoms. The van der Waals surface area contributed by atoms with Crippen LogP contribution in [-0.4, -0.2) is 31.2 Å². The van der Waals surface area contributed by atoms with Crippen LogP contribution >= 0.6 is 0 Å². The standard InChI is InChI=1S/C23H25N3O3/c1-3-4-11-29-23-18(13-15-12-16(28-2)9-10-19(15)26-23)21-14-24-22(27)17-7-5-6-8-20(17)25-21/h5-10,12-13,21,25H,3-4,11,14H2,1-2H3,(H,24,27). The third kappa shape index (κ3) is 3.97. The molecule has 2 N–H and O–H groups in total. The van der Waals surface area contributed by atoms with Crippen molar-refractivity contribution in [3.63, 3.8) is 0 Å². The lowest BCUT2D eigenvalue weighted by atomic mass is 10.0. The van der Waals surface area contributed by atoms with Crippen LogP contribution in [0.1, 0.15) is 41.7 Å². The second-order valence-corrected chi connectivity index (χ2v) is 7.10. The lowest BCUT2D eigenvalue weighted by Crippen LogP contribution is -2.28. The van der Waals surface area contributed by atoms with Gasteiger partial charge < -0.3 is 20.1 Å². The van der Waals surface area contributed by atoms with Gasteiger partial charge in [-0.2, -0.15) is 0 Å². The van der Waals surface area contributed by atoms with Crippen LogP contribution in [0.4, 0.5) is 5.69 Å². The SMILES string of the molecule is CCCCOc1nc2ccc(OC)cc2cc1C1CNC(=O)c2ccccc2N1. The Morgan fingerprint density at radius 2 is 2.03 bits per heavy atom. The molecule has 1 aromatic heterocycles. The zero-order chi connectivity index (χ0) is 20.2. The Hall–Kier alpha value is -3.28. The number of anilines is 1. The molecule has 6 nitrogen and oxygen atoms in total. The summed E-state index contributed by atoms with van der Waals surface area (Å²) >= 11 is 0. The Labute approximate surface area is 170 Å². The molecule has 1 aliphatic rings. The van der Waals surface area contributed by atoms with Gasteiger partial charge in [0.15, 0.2) is 0 Å². The third-order valence-corrected chi connectivity index (χ3v) is 5.09. The Morgan fingerprint density at radius 3 is 2.86 bits per heavy atom. The van der Waals surface area contributed by atoms with E-state index in [0.29, 0.717) is 24.6 Å². The van der Waals surface area contributed by atoms with Gasteiger partial charge >= 0.3 is 0 Å². The van der Waals surface area contributed by atoms with Gasteiger partial charge in [0.25, 0.3) is 5.91 Å². The number of nitrogens with zero attached hydrogens (tertiary/aromatic N) is 1. The molecule has 0 radical (unpaired) electrons. The monoisotopic (exact) mass is 391 g/mol. The average molecular weight is 391 g/mol. The fourth-order valence-electron chi connectivity index (χ4n) is 3.48. The third-order valence-electron chi connectivity index (χ3n) is 5.09. The molecule has 0 fully saturated rings. The summed E-state index contributed by atoms with van der Waals surface area (Å²) in [6.07, 6.45) is 2.00. The molecule has 0 saturated carbocycles. The van der Waals surface area contributed by atoms with Gasteiger partial charge in [-0.25, -0.2) is 4.98 Å². The highest BCUT2D eigenvalue weighted by Crippen LogP contribution is 2.33. The Balaban J connectivity index is 1.77. The molecule has 150 valence electrons. The lowest BCUT2D eigenvalue weighted by Gasteiger charge is -2.21. The summed E-state index contributed by atoms with van der Waals surface area (Å²) in [5.74, 6) is 1.29. The summed E-state index contributed by atoms with van der Waals surface area (Å²) < 4.78 is 11.4. The van der Waals surface area contributed by atoms with Gasteiger partial charge in [0.1, 0.15) is 5.75 Å². The van der Waals surface area contributed by atoms with E-state index < -0.39 is 0 Å². The molecule has 3 aromatic rings. The molecule has 4 rings (SSSR count). The molecule has 0 aliphatic carbocycles. The van der Waals surface area contributed by atoms with Gasteiger partial charge in [-0.1, -0.05) is 25.5 Å². The fraction of sp³-hybridized carbons (Fsp3) is 0.304. The molecule has 0 bridgehead atoms. The quantitative estimate of drug-likeness (QED) is 0.612. The van der Waals surface area contributed by atoms with Crippen LogP contribution in [0.3, 0.4) is 0 Å². The number of hydrogen-bond donors (Lipinski definition) is 2. The molecule has 1 aliphatic heterocycles. The number of rotatable bonds is 6. The second kappa shape index (κ2) is 8.39. The van der Waals surface area contributed by atoms with Gasteiger partial charge in [0, 0.05) is 23.2 Å². The Morgan fingerprint density at radius 1 is 1.17 bits per heavy atom. The number of amides is 1. The number of carbonyl (C=O) groups excluding carboxylic acids is 1. The largest absolute Gasteiger partial charge is 0.497 e. The first kappa shape index (κ1) is 19.1. The van der Waals surface area contributed by atoms with E-state index in [-0.39, 0.29) is 11.9 Å². The van der Waals surface area contributed by atoms with Gasteiger partial charge in [-0.3, -0.25) is 4.79 Å². The van der Waals surface area contributed by atoms with Gasteiger partial charge in [0.2, 0.25) is 5.88 Å². The number of ether oxygens (including phenoxy) is 2. The van der Waals surface area contributed by atoms with Crippen LogP contribution in [0.5, 0.6) is 11.6 Å². The first-order chi connectivity index (χ1) is 14.2. The van der Waals surface area contributed by atoms with E-state index in [1.165, 1.54) is 0 Å². The second-order valence-electron chi connectivity index (χ2n) is 7.10. The van der Waals surface area contributed by atoms with E-state index in [4.69, 9.17) is 14.5 Å². The van der Waals surface area contributed by atoms with Crippen molar-refractivity contribution in [1.82, 2.24) is 10.3 Å². The van der Waals surface area contributed by atoms with Crippen molar-refractivity contribution in [2.45, 2.75) is 25.8 Å². The minimum absolute atomic E-state index is 0.0838. The van der Waals surface area contributed by atoms with Crippen molar-refractivity contribution in [2.75, 3.05) is 25.6 Å². The van der Waals surface area contributed by atoms with Crippen LogP contribution in [0.25, 0.3) is 10.9 Å². The zero-order valence-electron chi connectivity index (χ0n) is 16.7. The summed E-state index contributed by atoms with van der Waals surface area (Å²) in [5, 5.41) is 7.47. The highest BCUT2D eigenvalue weighted by Gasteiger charge is 2.25. The van der Waals surface area contributed by atoms with E-state index >= 15 is 0 Å². The van der Waals surface area contributed by atoms with Crippen molar-refractivity contribution >= 4 is 22.5 Å². The van der Waals surface area contributed by atoms with Crippen LogP contribution in [-0.2, 0) is 0 Å². The smallest absolute Gasteiger partial charge is 0.253 e. The van der Waals surface area contributed by atoms with E-state index in [1.807, 2.05) is 42.5 Å². The molecule has 2 aromatic carbocycles. The van der Waals surface area contributed by atoms with E-state index in [0.717, 1.165) is 40.7 Å². The summed E-state index contributed by atoms with van der Waals surface area (Å²) in [6.45, 7) is 3.17. The van der Waals surface area contributed by atoms with Gasteiger partial charge in [0.05, 0.1) is 30.8 Å². The van der Waals surface area contributed by atoms with Crippen molar-refractivity contribution in [1.29, 1.82) is 0 Å². The number of hydrogen-bond acceptors (Lipinski definition) is 5. The number of aromatic nitrogens is 1. The fourth-order valence-corrected chi connectivity index (χ4v) is 3.48. The molecular weight excluding hydrogens is 366 g/mol. The lowest BCUT2D eigenvalue weighted by molar-refractivity contribution is 0.0955. The Bertz CT molecular complexity index is 1040. The molecule has 1 unspecified atom stereocenters. The maximum absolute atomic E-state index is 12.5. The molecule has 6 heteroatoms. The first-order valence-corrected chi connectivity index (χ1v) is 9.95. The molecule has 0 saturated heterocycles. The highest BCUT2D eigenvalue weighted by molar-refractivity contribution is 6.00. The molecule has 1 atom stereocenters. The van der Waals surface area contributed by atoms with Crippen molar-refractivity contribution in [3.8, 4) is 11.6 Å². The maximum Gasteiger partial charge on any atom is 0.253 e. The topological polar surface area (TPSA) is 72.5 Å². The minimum Gasteiger partial charge on any atom is -0.497 e. The van der Waals surface area contributed by atoms with Gasteiger partial charge in [-0.15, -0.1) is 0 Å². The van der Waals surface area contributed by atoms with E-state index in [1.54, 1.807) is 7.11 Å². The zero-order valence-corrected chi connectivity index (χ0v) is 16.7. The molecular formula is C23H25N3O3. The number of nitrogens with one attached hydrogen (secondary N) is 2. The van der Waals surface area contributed by atoms with Gasteiger partial charge in [-0.05, 0) is 42.8 Å². The van der Waals surface area contributed by atoms with Crippen molar-refractivity contribution < 1.29 is 14.3 Å². The molecule has 29 heavy (non-hydrogen) atoms. The summed E-state index contributed by atoms with van der Waals surface area (Å²) in [7, 11) is 1.65. The number of para-hydroxylation sites is 1. The predicted octanol–water partition coefficient (Wildman–Crippen LogP) is 4.32. The number of methoxy groups -OCH3 is 1. The van der Waals surface area contributed by atoms with E-state index in [2.05, 4.69) is 23.6 Å². The average Bonchev–Trinajstić information content (AvgIpc) is 2.92. The minimum atomic E-state index is -0.165. The maximum atomic E-state index is 12.5. The van der Waals surface area contributed by atoms with Crippen LogP contribution in [0.15, 0.2) is 48.5 Å². The molecule has 2 heterocycles. The molecule has 1 amide bonds. The number of fused-ring (bicyclic) bond motifs is 2. The number of pyridine rings is 1. The van der Waals surface area contributed by atoms with E-state index in [9.17, 15) is 4.79 Å². The van der Waals surface area contributed by atoms with Crippen LogP contribution < -0.4 is 20.1 Å². The number of unbranched alkanes of at least 4 members (excludes halogenated alkanes) is 1. The summed E-state index contributed by atoms with van der Waals surface area (Å²) in [4.78, 5) is 17.2. The normalized spacial score (nSPS) is 15.8. The number of benzene rings is 2. The van der Waals surface area contributed by atoms with Crippen molar-refractivity contribution in [3.05, 3.63) is 59.7 Å². The number of carbonyl (C=O) groups is 1. The van der Waals surface area contributed by atoms with Crippen molar-refractivity contribution in [2.24, 2.45) is 0 Å². The Kier molecular flexibility index (Phi) is 5.51. The van der Waals surface area contributed by atoms with Crippen LogP contribution in [0.2, 0.25) is 0 Å². The predicted molar refractivity (Wildman–Crippen MR) is 114 cm³/mol. The highest BCUT2D eigenvalue weighted by atomic mass is 16.5. The summed E-state index contributed by atoms with van der Waals surface area (Å²) in [6, 6.07) is 15.2. The first-order valence-electron chi connectivity index (χ1n) is 9.95. The summed E-state index contributed by atoms with van der Waals surface area (Å²) in [5.41, 5.74) is 3.20. The van der Waals surface area contributed by atoms with Crippen LogP contribution in [0, 0.1) is 0 Å².